The summed E-state index contributed by atoms with van der Waals surface area (Å²) in [4.78, 5) is 29.0. The molecular formula is C22H19ClN2O2. The van der Waals surface area contributed by atoms with Gasteiger partial charge in [0.15, 0.2) is 0 Å². The van der Waals surface area contributed by atoms with Crippen LogP contribution in [-0.4, -0.2) is 29.9 Å². The van der Waals surface area contributed by atoms with Crippen LogP contribution in [0.3, 0.4) is 0 Å². The van der Waals surface area contributed by atoms with Crippen LogP contribution in [0.2, 0.25) is 5.02 Å². The molecule has 5 heteroatoms. The summed E-state index contributed by atoms with van der Waals surface area (Å²) in [6, 6.07) is 20.7. The molecule has 3 aromatic carbocycles. The van der Waals surface area contributed by atoms with Crippen LogP contribution in [0.4, 0.5) is 5.69 Å². The maximum Gasteiger partial charge on any atom is 0.260 e. The minimum atomic E-state index is -0.145. The number of nitrogens with zero attached hydrogens (tertiary/aromatic N) is 2. The van der Waals surface area contributed by atoms with Gasteiger partial charge < -0.3 is 4.90 Å². The number of halogens is 1. The molecule has 0 aliphatic carbocycles. The van der Waals surface area contributed by atoms with Gasteiger partial charge in [0.1, 0.15) is 6.67 Å². The molecule has 1 heterocycles. The lowest BCUT2D eigenvalue weighted by Gasteiger charge is -2.28. The third kappa shape index (κ3) is 3.53. The van der Waals surface area contributed by atoms with E-state index in [0.29, 0.717) is 29.2 Å². The molecule has 27 heavy (non-hydrogen) atoms. The van der Waals surface area contributed by atoms with Crippen LogP contribution in [0.25, 0.3) is 10.8 Å². The number of hydrogen-bond donors (Lipinski definition) is 0. The minimum absolute atomic E-state index is 0.0766. The number of amides is 2. The van der Waals surface area contributed by atoms with E-state index < -0.39 is 0 Å². The lowest BCUT2D eigenvalue weighted by atomic mass is 10.0. The van der Waals surface area contributed by atoms with Gasteiger partial charge in [0.25, 0.3) is 5.91 Å². The number of fused-ring (bicyclic) bond motifs is 1. The molecule has 0 unspecified atom stereocenters. The molecule has 3 aromatic rings. The molecule has 0 bridgehead atoms. The van der Waals surface area contributed by atoms with Crippen LogP contribution in [0.5, 0.6) is 0 Å². The SMILES string of the molecule is O=C1CCCN1CN(C(=O)c1cccc2ccccc12)c1cccc(Cl)c1. The van der Waals surface area contributed by atoms with Gasteiger partial charge in [-0.05, 0) is 41.5 Å². The van der Waals surface area contributed by atoms with E-state index in [1.807, 2.05) is 54.6 Å². The summed E-state index contributed by atoms with van der Waals surface area (Å²) in [5.74, 6) is -0.0680. The van der Waals surface area contributed by atoms with Gasteiger partial charge in [0, 0.05) is 29.2 Å². The molecule has 4 nitrogen and oxygen atoms in total. The van der Waals surface area contributed by atoms with Crippen molar-refractivity contribution in [3.05, 3.63) is 77.3 Å². The maximum absolute atomic E-state index is 13.5. The first-order valence-electron chi connectivity index (χ1n) is 8.96. The molecule has 0 radical (unpaired) electrons. The Bertz CT molecular complexity index is 1010. The molecule has 0 aromatic heterocycles. The Labute approximate surface area is 162 Å². The molecule has 0 spiro atoms. The zero-order valence-electron chi connectivity index (χ0n) is 14.8. The van der Waals surface area contributed by atoms with E-state index in [1.165, 1.54) is 0 Å². The summed E-state index contributed by atoms with van der Waals surface area (Å²) in [5, 5.41) is 2.45. The molecule has 2 amide bonds. The fraction of sp³-hybridized carbons (Fsp3) is 0.182. The molecule has 0 saturated carbocycles. The van der Waals surface area contributed by atoms with E-state index in [9.17, 15) is 9.59 Å². The first-order valence-corrected chi connectivity index (χ1v) is 9.34. The Kier molecular flexibility index (Phi) is 4.82. The number of anilines is 1. The van der Waals surface area contributed by atoms with Crippen molar-refractivity contribution in [1.82, 2.24) is 4.90 Å². The van der Waals surface area contributed by atoms with Crippen LogP contribution in [0, 0.1) is 0 Å². The summed E-state index contributed by atoms with van der Waals surface area (Å²) >= 11 is 6.16. The van der Waals surface area contributed by atoms with Crippen molar-refractivity contribution in [3.63, 3.8) is 0 Å². The summed E-state index contributed by atoms with van der Waals surface area (Å²) < 4.78 is 0. The Morgan fingerprint density at radius 2 is 1.81 bits per heavy atom. The second-order valence-corrected chi connectivity index (χ2v) is 7.08. The van der Waals surface area contributed by atoms with Crippen molar-refractivity contribution in [2.24, 2.45) is 0 Å². The van der Waals surface area contributed by atoms with E-state index in [-0.39, 0.29) is 18.5 Å². The van der Waals surface area contributed by atoms with Crippen LogP contribution in [0.15, 0.2) is 66.7 Å². The van der Waals surface area contributed by atoms with Gasteiger partial charge in [-0.2, -0.15) is 0 Å². The van der Waals surface area contributed by atoms with Gasteiger partial charge in [-0.15, -0.1) is 0 Å². The van der Waals surface area contributed by atoms with E-state index >= 15 is 0 Å². The highest BCUT2D eigenvalue weighted by Crippen LogP contribution is 2.26. The fourth-order valence-electron chi connectivity index (χ4n) is 3.49. The molecule has 1 aliphatic rings. The lowest BCUT2D eigenvalue weighted by molar-refractivity contribution is -0.127. The number of hydrogen-bond acceptors (Lipinski definition) is 2. The van der Waals surface area contributed by atoms with Crippen molar-refractivity contribution in [3.8, 4) is 0 Å². The third-order valence-electron chi connectivity index (χ3n) is 4.87. The van der Waals surface area contributed by atoms with E-state index in [2.05, 4.69) is 0 Å². The Morgan fingerprint density at radius 1 is 1.04 bits per heavy atom. The summed E-state index contributed by atoms with van der Waals surface area (Å²) in [5.41, 5.74) is 1.29. The summed E-state index contributed by atoms with van der Waals surface area (Å²) in [6.45, 7) is 0.889. The quantitative estimate of drug-likeness (QED) is 0.659. The minimum Gasteiger partial charge on any atom is -0.324 e. The van der Waals surface area contributed by atoms with Gasteiger partial charge in [-0.1, -0.05) is 54.1 Å². The van der Waals surface area contributed by atoms with Crippen molar-refractivity contribution in [2.75, 3.05) is 18.1 Å². The Hall–Kier alpha value is -2.85. The predicted octanol–water partition coefficient (Wildman–Crippen LogP) is 4.72. The highest BCUT2D eigenvalue weighted by atomic mass is 35.5. The fourth-order valence-corrected chi connectivity index (χ4v) is 3.67. The molecular weight excluding hydrogens is 360 g/mol. The number of rotatable bonds is 4. The van der Waals surface area contributed by atoms with Gasteiger partial charge in [0.2, 0.25) is 5.91 Å². The van der Waals surface area contributed by atoms with E-state index in [4.69, 9.17) is 11.6 Å². The van der Waals surface area contributed by atoms with Gasteiger partial charge >= 0.3 is 0 Å². The summed E-state index contributed by atoms with van der Waals surface area (Å²) in [7, 11) is 0. The summed E-state index contributed by atoms with van der Waals surface area (Å²) in [6.07, 6.45) is 1.36. The van der Waals surface area contributed by atoms with Gasteiger partial charge in [0.05, 0.1) is 0 Å². The Morgan fingerprint density at radius 3 is 2.59 bits per heavy atom. The number of likely N-dealkylation sites (tertiary alicyclic amines) is 1. The van der Waals surface area contributed by atoms with Crippen molar-refractivity contribution in [1.29, 1.82) is 0 Å². The zero-order valence-corrected chi connectivity index (χ0v) is 15.5. The highest BCUT2D eigenvalue weighted by molar-refractivity contribution is 6.31. The van der Waals surface area contributed by atoms with Gasteiger partial charge in [-0.3, -0.25) is 14.5 Å². The van der Waals surface area contributed by atoms with E-state index in [1.54, 1.807) is 21.9 Å². The predicted molar refractivity (Wildman–Crippen MR) is 108 cm³/mol. The Balaban J connectivity index is 1.77. The van der Waals surface area contributed by atoms with Crippen molar-refractivity contribution in [2.45, 2.75) is 12.8 Å². The standard InChI is InChI=1S/C22H19ClN2O2/c23-17-8-4-9-18(14-17)25(15-24-13-5-12-21(24)26)22(27)20-11-3-7-16-6-1-2-10-19(16)20/h1-4,6-11,14H,5,12-13,15H2. The monoisotopic (exact) mass is 378 g/mol. The van der Waals surface area contributed by atoms with Crippen LogP contribution < -0.4 is 4.90 Å². The second kappa shape index (κ2) is 7.41. The second-order valence-electron chi connectivity index (χ2n) is 6.64. The van der Waals surface area contributed by atoms with Crippen LogP contribution in [0.1, 0.15) is 23.2 Å². The number of carbonyl (C=O) groups is 2. The first-order chi connectivity index (χ1) is 13.1. The van der Waals surface area contributed by atoms with Crippen molar-refractivity contribution < 1.29 is 9.59 Å². The van der Waals surface area contributed by atoms with Crippen LogP contribution in [-0.2, 0) is 4.79 Å². The first kappa shape index (κ1) is 17.6. The molecule has 1 fully saturated rings. The average molecular weight is 379 g/mol. The highest BCUT2D eigenvalue weighted by Gasteiger charge is 2.27. The number of carbonyl (C=O) groups excluding carboxylic acids is 2. The topological polar surface area (TPSA) is 40.6 Å². The normalized spacial score (nSPS) is 14.0. The largest absolute Gasteiger partial charge is 0.324 e. The molecule has 0 atom stereocenters. The maximum atomic E-state index is 13.5. The smallest absolute Gasteiger partial charge is 0.260 e. The third-order valence-corrected chi connectivity index (χ3v) is 5.10. The van der Waals surface area contributed by atoms with Gasteiger partial charge in [-0.25, -0.2) is 0 Å². The van der Waals surface area contributed by atoms with E-state index in [0.717, 1.165) is 17.2 Å². The number of benzene rings is 3. The molecule has 1 saturated heterocycles. The average Bonchev–Trinajstić information content (AvgIpc) is 3.09. The van der Waals surface area contributed by atoms with Crippen molar-refractivity contribution >= 4 is 39.9 Å². The zero-order chi connectivity index (χ0) is 18.8. The lowest BCUT2D eigenvalue weighted by Crippen LogP contribution is -2.42. The van der Waals surface area contributed by atoms with Crippen LogP contribution >= 0.6 is 11.6 Å². The molecule has 136 valence electrons. The molecule has 1 aliphatic heterocycles. The molecule has 0 N–H and O–H groups in total. The molecule has 4 rings (SSSR count).